The number of carbonyl (C=O) groups is 4. The summed E-state index contributed by atoms with van der Waals surface area (Å²) in [6.45, 7) is 0.441. The maximum atomic E-state index is 13.3. The molecule has 1 saturated carbocycles. The molecule has 10 nitrogen and oxygen atoms in total. The highest BCUT2D eigenvalue weighted by Gasteiger charge is 2.30. The number of carboxylic acids is 1. The number of rotatable bonds is 14. The molecule has 41 heavy (non-hydrogen) atoms. The Hall–Kier alpha value is -3.66. The molecule has 1 aromatic carbocycles. The van der Waals surface area contributed by atoms with Gasteiger partial charge in [-0.2, -0.15) is 0 Å². The van der Waals surface area contributed by atoms with Gasteiger partial charge in [-0.3, -0.25) is 14.6 Å². The number of pyridine rings is 1. The van der Waals surface area contributed by atoms with Gasteiger partial charge in [0, 0.05) is 37.4 Å². The van der Waals surface area contributed by atoms with E-state index >= 15 is 0 Å². The number of alkyl carbamates (subject to hydrolysis) is 1. The fourth-order valence-electron chi connectivity index (χ4n) is 4.91. The van der Waals surface area contributed by atoms with Crippen LogP contribution in [0.2, 0.25) is 5.02 Å². The van der Waals surface area contributed by atoms with Crippen molar-refractivity contribution in [3.63, 3.8) is 0 Å². The number of nitrogens with zero attached hydrogens (tertiary/aromatic N) is 2. The molecule has 0 saturated heterocycles. The SMILES string of the molecule is CN(CCc1ccncc1)C(=O)CC[C@H](NC(=O)[C@H](CC1CCCCC1)NC(=O)OCc1cccc(Cl)c1)C(=O)O. The normalized spacial score (nSPS) is 14.9. The average Bonchev–Trinajstić information content (AvgIpc) is 2.97. The van der Waals surface area contributed by atoms with Crippen LogP contribution in [-0.2, 0) is 32.1 Å². The monoisotopic (exact) mass is 586 g/mol. The van der Waals surface area contributed by atoms with E-state index in [1.54, 1.807) is 48.6 Å². The second-order valence-electron chi connectivity index (χ2n) is 10.5. The fourth-order valence-corrected chi connectivity index (χ4v) is 5.12. The van der Waals surface area contributed by atoms with E-state index in [1.165, 1.54) is 0 Å². The summed E-state index contributed by atoms with van der Waals surface area (Å²) in [6, 6.07) is 8.40. The van der Waals surface area contributed by atoms with Crippen LogP contribution in [0, 0.1) is 5.92 Å². The molecular formula is C30H39ClN4O6. The number of carbonyl (C=O) groups excluding carboxylic acids is 3. The predicted octanol–water partition coefficient (Wildman–Crippen LogP) is 4.35. The highest BCUT2D eigenvalue weighted by atomic mass is 35.5. The van der Waals surface area contributed by atoms with E-state index in [2.05, 4.69) is 15.6 Å². The zero-order chi connectivity index (χ0) is 29.6. The lowest BCUT2D eigenvalue weighted by Crippen LogP contribution is -2.52. The van der Waals surface area contributed by atoms with Gasteiger partial charge in [0.2, 0.25) is 11.8 Å². The van der Waals surface area contributed by atoms with Crippen LogP contribution in [0.4, 0.5) is 4.79 Å². The molecule has 1 aliphatic rings. The van der Waals surface area contributed by atoms with E-state index in [4.69, 9.17) is 16.3 Å². The number of hydrogen-bond donors (Lipinski definition) is 3. The van der Waals surface area contributed by atoms with Crippen molar-refractivity contribution in [3.05, 3.63) is 64.9 Å². The first-order chi connectivity index (χ1) is 19.7. The number of hydrogen-bond acceptors (Lipinski definition) is 6. The average molecular weight is 587 g/mol. The van der Waals surface area contributed by atoms with Crippen molar-refractivity contribution < 1.29 is 29.0 Å². The maximum Gasteiger partial charge on any atom is 0.408 e. The first-order valence-electron chi connectivity index (χ1n) is 14.0. The molecule has 3 N–H and O–H groups in total. The summed E-state index contributed by atoms with van der Waals surface area (Å²) >= 11 is 5.99. The summed E-state index contributed by atoms with van der Waals surface area (Å²) in [4.78, 5) is 56.0. The van der Waals surface area contributed by atoms with Gasteiger partial charge in [0.15, 0.2) is 0 Å². The van der Waals surface area contributed by atoms with Crippen LogP contribution < -0.4 is 10.6 Å². The number of ether oxygens (including phenoxy) is 1. The summed E-state index contributed by atoms with van der Waals surface area (Å²) in [6.07, 6.45) is 8.60. The Morgan fingerprint density at radius 1 is 1.05 bits per heavy atom. The minimum atomic E-state index is -1.28. The smallest absolute Gasteiger partial charge is 0.408 e. The van der Waals surface area contributed by atoms with E-state index in [0.717, 1.165) is 37.7 Å². The van der Waals surface area contributed by atoms with Gasteiger partial charge in [-0.25, -0.2) is 9.59 Å². The number of benzene rings is 1. The zero-order valence-electron chi connectivity index (χ0n) is 23.4. The van der Waals surface area contributed by atoms with Crippen LogP contribution >= 0.6 is 11.6 Å². The second-order valence-corrected chi connectivity index (χ2v) is 10.9. The largest absolute Gasteiger partial charge is 0.480 e. The number of amides is 3. The molecule has 222 valence electrons. The number of likely N-dealkylation sites (N-methyl/N-ethyl adjacent to an activating group) is 1. The Bertz CT molecular complexity index is 1160. The molecule has 2 atom stereocenters. The minimum absolute atomic E-state index is 0.0291. The Morgan fingerprint density at radius 2 is 1.78 bits per heavy atom. The Labute approximate surface area is 245 Å². The van der Waals surface area contributed by atoms with Gasteiger partial charge in [-0.15, -0.1) is 0 Å². The third-order valence-electron chi connectivity index (χ3n) is 7.33. The Kier molecular flexibility index (Phi) is 12.9. The number of halogens is 1. The van der Waals surface area contributed by atoms with Gasteiger partial charge in [-0.05, 0) is 60.6 Å². The zero-order valence-corrected chi connectivity index (χ0v) is 24.1. The fraction of sp³-hybridized carbons (Fsp3) is 0.500. The molecule has 0 spiro atoms. The maximum absolute atomic E-state index is 13.3. The molecule has 1 heterocycles. The number of aromatic nitrogens is 1. The third-order valence-corrected chi connectivity index (χ3v) is 7.57. The van der Waals surface area contributed by atoms with Crippen molar-refractivity contribution in [1.82, 2.24) is 20.5 Å². The van der Waals surface area contributed by atoms with Crippen LogP contribution in [0.25, 0.3) is 0 Å². The summed E-state index contributed by atoms with van der Waals surface area (Å²) in [5, 5.41) is 15.5. The van der Waals surface area contributed by atoms with Gasteiger partial charge in [0.1, 0.15) is 18.7 Å². The van der Waals surface area contributed by atoms with Crippen molar-refractivity contribution in [1.29, 1.82) is 0 Å². The lowest BCUT2D eigenvalue weighted by Gasteiger charge is -2.27. The molecule has 0 aliphatic heterocycles. The highest BCUT2D eigenvalue weighted by molar-refractivity contribution is 6.30. The van der Waals surface area contributed by atoms with E-state index in [9.17, 15) is 24.3 Å². The minimum Gasteiger partial charge on any atom is -0.480 e. The molecule has 3 rings (SSSR count). The van der Waals surface area contributed by atoms with Crippen LogP contribution in [0.5, 0.6) is 0 Å². The lowest BCUT2D eigenvalue weighted by molar-refractivity contribution is -0.142. The molecule has 0 radical (unpaired) electrons. The van der Waals surface area contributed by atoms with Crippen LogP contribution in [0.3, 0.4) is 0 Å². The Morgan fingerprint density at radius 3 is 2.46 bits per heavy atom. The van der Waals surface area contributed by atoms with Crippen molar-refractivity contribution >= 4 is 35.5 Å². The van der Waals surface area contributed by atoms with E-state index in [1.807, 2.05) is 12.1 Å². The predicted molar refractivity (Wildman–Crippen MR) is 154 cm³/mol. The van der Waals surface area contributed by atoms with Crippen molar-refractivity contribution in [2.24, 2.45) is 5.92 Å². The molecule has 1 aromatic heterocycles. The molecule has 3 amide bonds. The molecule has 0 bridgehead atoms. The standard InChI is InChI=1S/C30H39ClN4O6/c1-35(17-14-21-12-15-32-16-13-21)27(36)11-10-25(29(38)39)33-28(37)26(19-22-6-3-2-4-7-22)34-30(40)41-20-23-8-5-9-24(31)18-23/h5,8-9,12-13,15-16,18,22,25-26H,2-4,6-7,10-11,14,17,19-20H2,1H3,(H,33,37)(H,34,40)(H,38,39)/t25-,26-/m0/s1. The topological polar surface area (TPSA) is 138 Å². The van der Waals surface area contributed by atoms with Crippen LogP contribution in [0.15, 0.2) is 48.8 Å². The molecule has 1 aliphatic carbocycles. The lowest BCUT2D eigenvalue weighted by atomic mass is 9.84. The number of aliphatic carboxylic acids is 1. The summed E-state index contributed by atoms with van der Waals surface area (Å²) in [5.74, 6) is -1.85. The second kappa shape index (κ2) is 16.6. The van der Waals surface area contributed by atoms with Crippen molar-refractivity contribution in [3.8, 4) is 0 Å². The van der Waals surface area contributed by atoms with Gasteiger partial charge in [0.25, 0.3) is 0 Å². The third kappa shape index (κ3) is 11.4. The van der Waals surface area contributed by atoms with Gasteiger partial charge in [-0.1, -0.05) is 55.8 Å². The first-order valence-corrected chi connectivity index (χ1v) is 14.4. The van der Waals surface area contributed by atoms with Crippen LogP contribution in [0.1, 0.15) is 62.5 Å². The van der Waals surface area contributed by atoms with Crippen molar-refractivity contribution in [2.45, 2.75) is 76.5 Å². The molecule has 11 heteroatoms. The Balaban J connectivity index is 1.55. The van der Waals surface area contributed by atoms with Gasteiger partial charge >= 0.3 is 12.1 Å². The molecular weight excluding hydrogens is 548 g/mol. The van der Waals surface area contributed by atoms with Gasteiger partial charge < -0.3 is 25.4 Å². The van der Waals surface area contributed by atoms with E-state index < -0.39 is 30.1 Å². The highest BCUT2D eigenvalue weighted by Crippen LogP contribution is 2.27. The van der Waals surface area contributed by atoms with Gasteiger partial charge in [0.05, 0.1) is 0 Å². The number of nitrogens with one attached hydrogen (secondary N) is 2. The summed E-state index contributed by atoms with van der Waals surface area (Å²) in [7, 11) is 1.66. The quantitative estimate of drug-likeness (QED) is 0.299. The van der Waals surface area contributed by atoms with Crippen molar-refractivity contribution in [2.75, 3.05) is 13.6 Å². The van der Waals surface area contributed by atoms with E-state index in [-0.39, 0.29) is 31.3 Å². The number of carboxylic acid groups (broad SMARTS) is 1. The van der Waals surface area contributed by atoms with E-state index in [0.29, 0.717) is 30.0 Å². The summed E-state index contributed by atoms with van der Waals surface area (Å²) in [5.41, 5.74) is 1.74. The molecule has 1 fully saturated rings. The first kappa shape index (κ1) is 31.9. The molecule has 0 unspecified atom stereocenters. The summed E-state index contributed by atoms with van der Waals surface area (Å²) < 4.78 is 5.31. The molecule has 2 aromatic rings. The van der Waals surface area contributed by atoms with Crippen LogP contribution in [-0.4, -0.2) is 64.5 Å².